The Morgan fingerprint density at radius 3 is 2.65 bits per heavy atom. The molecule has 1 atom stereocenters. The highest BCUT2D eigenvalue weighted by molar-refractivity contribution is 9.10. The molecule has 4 heteroatoms. The second kappa shape index (κ2) is 7.52. The Bertz CT molecular complexity index is 325. The van der Waals surface area contributed by atoms with Gasteiger partial charge in [-0.15, -0.1) is 11.3 Å². The summed E-state index contributed by atoms with van der Waals surface area (Å²) in [5.41, 5.74) is 0. The van der Waals surface area contributed by atoms with Gasteiger partial charge >= 0.3 is 0 Å². The first kappa shape index (κ1) is 15.2. The predicted molar refractivity (Wildman–Crippen MR) is 80.7 cm³/mol. The number of halogens is 1. The van der Waals surface area contributed by atoms with Crippen LogP contribution >= 0.6 is 27.3 Å². The lowest BCUT2D eigenvalue weighted by Gasteiger charge is -2.20. The van der Waals surface area contributed by atoms with Crippen LogP contribution in [0.3, 0.4) is 0 Å². The third-order valence-electron chi connectivity index (χ3n) is 3.01. The van der Waals surface area contributed by atoms with Gasteiger partial charge in [-0.05, 0) is 41.9 Å². The van der Waals surface area contributed by atoms with E-state index in [1.165, 1.54) is 9.35 Å². The van der Waals surface area contributed by atoms with Gasteiger partial charge in [-0.2, -0.15) is 0 Å². The fourth-order valence-corrected chi connectivity index (χ4v) is 3.03. The Morgan fingerprint density at radius 2 is 2.12 bits per heavy atom. The van der Waals surface area contributed by atoms with Gasteiger partial charge in [-0.3, -0.25) is 0 Å². The van der Waals surface area contributed by atoms with Crippen molar-refractivity contribution in [3.8, 4) is 0 Å². The minimum absolute atomic E-state index is 0.597. The van der Waals surface area contributed by atoms with Crippen LogP contribution in [-0.2, 0) is 6.54 Å². The minimum Gasteiger partial charge on any atom is -0.313 e. The first-order valence-electron chi connectivity index (χ1n) is 6.14. The van der Waals surface area contributed by atoms with Crippen molar-refractivity contribution in [3.05, 3.63) is 20.8 Å². The van der Waals surface area contributed by atoms with E-state index in [0.717, 1.165) is 19.6 Å². The molecule has 0 saturated carbocycles. The van der Waals surface area contributed by atoms with E-state index < -0.39 is 0 Å². The average molecular weight is 319 g/mol. The molecule has 0 bridgehead atoms. The average Bonchev–Trinajstić information content (AvgIpc) is 2.63. The highest BCUT2D eigenvalue weighted by Crippen LogP contribution is 2.20. The standard InChI is InChI=1S/C13H23BrN2S/c1-10(2)11(3)15-5-6-16(4)8-13-7-12(14)9-17-13/h7,9-11,15H,5-6,8H2,1-4H3. The molecular weight excluding hydrogens is 296 g/mol. The van der Waals surface area contributed by atoms with E-state index in [-0.39, 0.29) is 0 Å². The van der Waals surface area contributed by atoms with Gasteiger partial charge in [0, 0.05) is 40.4 Å². The largest absolute Gasteiger partial charge is 0.313 e. The lowest BCUT2D eigenvalue weighted by atomic mass is 10.1. The van der Waals surface area contributed by atoms with E-state index in [2.05, 4.69) is 65.4 Å². The molecule has 17 heavy (non-hydrogen) atoms. The molecule has 1 heterocycles. The van der Waals surface area contributed by atoms with Gasteiger partial charge in [0.25, 0.3) is 0 Å². The summed E-state index contributed by atoms with van der Waals surface area (Å²) in [5.74, 6) is 0.702. The molecule has 0 radical (unpaired) electrons. The van der Waals surface area contributed by atoms with Crippen molar-refractivity contribution in [2.24, 2.45) is 5.92 Å². The Balaban J connectivity index is 2.19. The molecule has 2 nitrogen and oxygen atoms in total. The molecule has 0 aliphatic carbocycles. The van der Waals surface area contributed by atoms with Crippen LogP contribution in [-0.4, -0.2) is 31.1 Å². The highest BCUT2D eigenvalue weighted by atomic mass is 79.9. The lowest BCUT2D eigenvalue weighted by molar-refractivity contribution is 0.311. The third kappa shape index (κ3) is 6.00. The molecule has 0 amide bonds. The summed E-state index contributed by atoms with van der Waals surface area (Å²) < 4.78 is 1.19. The third-order valence-corrected chi connectivity index (χ3v) is 4.69. The van der Waals surface area contributed by atoms with E-state index in [1.54, 1.807) is 0 Å². The molecule has 0 fully saturated rings. The van der Waals surface area contributed by atoms with Crippen LogP contribution in [0.2, 0.25) is 0 Å². The van der Waals surface area contributed by atoms with E-state index >= 15 is 0 Å². The van der Waals surface area contributed by atoms with Crippen molar-refractivity contribution in [1.29, 1.82) is 0 Å². The zero-order valence-corrected chi connectivity index (χ0v) is 13.6. The maximum absolute atomic E-state index is 3.56. The van der Waals surface area contributed by atoms with Crippen molar-refractivity contribution >= 4 is 27.3 Å². The Morgan fingerprint density at radius 1 is 1.41 bits per heavy atom. The van der Waals surface area contributed by atoms with E-state index in [0.29, 0.717) is 12.0 Å². The van der Waals surface area contributed by atoms with Crippen molar-refractivity contribution < 1.29 is 0 Å². The number of hydrogen-bond donors (Lipinski definition) is 1. The molecule has 0 aliphatic heterocycles. The summed E-state index contributed by atoms with van der Waals surface area (Å²) in [5, 5.41) is 5.70. The maximum atomic E-state index is 3.56. The molecule has 1 unspecified atom stereocenters. The van der Waals surface area contributed by atoms with Crippen LogP contribution in [0.15, 0.2) is 15.9 Å². The molecule has 1 rings (SSSR count). The SMILES string of the molecule is CC(C)C(C)NCCN(C)Cc1cc(Br)cs1. The summed E-state index contributed by atoms with van der Waals surface area (Å²) in [6, 6.07) is 2.80. The van der Waals surface area contributed by atoms with E-state index in [1.807, 2.05) is 11.3 Å². The number of nitrogens with one attached hydrogen (secondary N) is 1. The zero-order valence-electron chi connectivity index (χ0n) is 11.2. The molecule has 0 aliphatic rings. The number of rotatable bonds is 7. The van der Waals surface area contributed by atoms with Crippen LogP contribution in [0.5, 0.6) is 0 Å². The zero-order chi connectivity index (χ0) is 12.8. The predicted octanol–water partition coefficient (Wildman–Crippen LogP) is 3.58. The van der Waals surface area contributed by atoms with Gasteiger partial charge in [-0.1, -0.05) is 13.8 Å². The minimum atomic E-state index is 0.597. The quantitative estimate of drug-likeness (QED) is 0.826. The fraction of sp³-hybridized carbons (Fsp3) is 0.692. The number of thiophene rings is 1. The summed E-state index contributed by atoms with van der Waals surface area (Å²) >= 11 is 5.30. The first-order valence-corrected chi connectivity index (χ1v) is 7.81. The molecular formula is C13H23BrN2S. The van der Waals surface area contributed by atoms with Crippen molar-refractivity contribution in [2.45, 2.75) is 33.4 Å². The normalized spacial score (nSPS) is 13.6. The molecule has 1 aromatic rings. The fourth-order valence-electron chi connectivity index (χ4n) is 1.50. The van der Waals surface area contributed by atoms with Gasteiger partial charge in [0.05, 0.1) is 0 Å². The van der Waals surface area contributed by atoms with Crippen LogP contribution in [0.4, 0.5) is 0 Å². The van der Waals surface area contributed by atoms with Gasteiger partial charge < -0.3 is 10.2 Å². The first-order chi connectivity index (χ1) is 7.99. The number of hydrogen-bond acceptors (Lipinski definition) is 3. The highest BCUT2D eigenvalue weighted by Gasteiger charge is 2.07. The van der Waals surface area contributed by atoms with Crippen molar-refractivity contribution in [2.75, 3.05) is 20.1 Å². The van der Waals surface area contributed by atoms with Gasteiger partial charge in [-0.25, -0.2) is 0 Å². The second-order valence-corrected chi connectivity index (χ2v) is 6.87. The lowest BCUT2D eigenvalue weighted by Crippen LogP contribution is -2.36. The van der Waals surface area contributed by atoms with E-state index in [4.69, 9.17) is 0 Å². The van der Waals surface area contributed by atoms with Crippen LogP contribution in [0, 0.1) is 5.92 Å². The molecule has 1 N–H and O–H groups in total. The summed E-state index contributed by atoms with van der Waals surface area (Å²) in [7, 11) is 2.18. The van der Waals surface area contributed by atoms with Crippen molar-refractivity contribution in [1.82, 2.24) is 10.2 Å². The Hall–Kier alpha value is 0.1000. The molecule has 0 spiro atoms. The molecule has 1 aromatic heterocycles. The van der Waals surface area contributed by atoms with Crippen LogP contribution in [0.25, 0.3) is 0 Å². The maximum Gasteiger partial charge on any atom is 0.0325 e. The second-order valence-electron chi connectivity index (χ2n) is 4.96. The van der Waals surface area contributed by atoms with Gasteiger partial charge in [0.15, 0.2) is 0 Å². The topological polar surface area (TPSA) is 15.3 Å². The van der Waals surface area contributed by atoms with Crippen LogP contribution in [0.1, 0.15) is 25.6 Å². The number of likely N-dealkylation sites (N-methyl/N-ethyl adjacent to an activating group) is 1. The summed E-state index contributed by atoms with van der Waals surface area (Å²) in [4.78, 5) is 3.77. The molecule has 98 valence electrons. The number of nitrogens with zero attached hydrogens (tertiary/aromatic N) is 1. The molecule has 0 aromatic carbocycles. The monoisotopic (exact) mass is 318 g/mol. The van der Waals surface area contributed by atoms with E-state index in [9.17, 15) is 0 Å². The van der Waals surface area contributed by atoms with Gasteiger partial charge in [0.1, 0.15) is 0 Å². The smallest absolute Gasteiger partial charge is 0.0325 e. The Labute approximate surface area is 118 Å². The van der Waals surface area contributed by atoms with Gasteiger partial charge in [0.2, 0.25) is 0 Å². The summed E-state index contributed by atoms with van der Waals surface area (Å²) in [6.45, 7) is 9.94. The van der Waals surface area contributed by atoms with Crippen molar-refractivity contribution in [3.63, 3.8) is 0 Å². The molecule has 0 saturated heterocycles. The Kier molecular flexibility index (Phi) is 6.70. The summed E-state index contributed by atoms with van der Waals surface area (Å²) in [6.07, 6.45) is 0. The van der Waals surface area contributed by atoms with Crippen LogP contribution < -0.4 is 5.32 Å².